The molecule has 0 bridgehead atoms. The van der Waals surface area contributed by atoms with Gasteiger partial charge in [0, 0.05) is 48.2 Å². The van der Waals surface area contributed by atoms with E-state index in [9.17, 15) is 4.39 Å². The summed E-state index contributed by atoms with van der Waals surface area (Å²) in [6.07, 6.45) is 8.89. The molecule has 1 aromatic carbocycles. The number of halogens is 3. The average molecular weight is 423 g/mol. The number of rotatable bonds is 4. The molecule has 31 heavy (non-hydrogen) atoms. The largest absolute Gasteiger partial charge is 0.335 e. The number of aromatic nitrogens is 7. The predicted molar refractivity (Wildman–Crippen MR) is 106 cm³/mol. The molecule has 156 valence electrons. The summed E-state index contributed by atoms with van der Waals surface area (Å²) in [6.45, 7) is 0. The molecule has 1 fully saturated rings. The predicted octanol–water partition coefficient (Wildman–Crippen LogP) is 4.09. The van der Waals surface area contributed by atoms with Crippen LogP contribution in [0.3, 0.4) is 0 Å². The van der Waals surface area contributed by atoms with Crippen LogP contribution in [-0.2, 0) is 13.0 Å². The Balaban J connectivity index is 1.47. The first-order chi connectivity index (χ1) is 14.9. The third-order valence-corrected chi connectivity index (χ3v) is 5.59. The van der Waals surface area contributed by atoms with Crippen molar-refractivity contribution in [3.63, 3.8) is 0 Å². The lowest BCUT2D eigenvalue weighted by Crippen LogP contribution is -2.21. The summed E-state index contributed by atoms with van der Waals surface area (Å²) in [5.41, 5.74) is 1.28. The average Bonchev–Trinajstić information content (AvgIpc) is 3.15. The fourth-order valence-electron chi connectivity index (χ4n) is 3.83. The summed E-state index contributed by atoms with van der Waals surface area (Å²) in [5.74, 6) is -5.40. The number of hydrogen-bond acceptors (Lipinski definition) is 4. The van der Waals surface area contributed by atoms with Gasteiger partial charge < -0.3 is 0 Å². The summed E-state index contributed by atoms with van der Waals surface area (Å²) in [4.78, 5) is 0. The second-order valence-corrected chi connectivity index (χ2v) is 7.88. The first-order valence-electron chi connectivity index (χ1n) is 9.81. The summed E-state index contributed by atoms with van der Waals surface area (Å²) in [7, 11) is 1.65. The molecule has 0 unspecified atom stereocenters. The van der Waals surface area contributed by atoms with Gasteiger partial charge in [0.1, 0.15) is 5.82 Å². The molecular formula is C21H16F3N7. The standard InChI is InChI=1S/C21H16F3N7/c1-29-9-13-6-16(17(22)7-18(13)28-29)21(23,24)20-27-26-19-5-2-12(10-30(19)20)14-8-25-31(11-14)15-3-4-15/h2,5-11,15H,3-4H2,1H3. The lowest BCUT2D eigenvalue weighted by atomic mass is 10.0. The van der Waals surface area contributed by atoms with Crippen molar-refractivity contribution in [1.82, 2.24) is 34.2 Å². The third-order valence-electron chi connectivity index (χ3n) is 5.59. The van der Waals surface area contributed by atoms with Gasteiger partial charge in [-0.2, -0.15) is 19.0 Å². The van der Waals surface area contributed by atoms with Crippen molar-refractivity contribution in [2.75, 3.05) is 0 Å². The molecule has 7 nitrogen and oxygen atoms in total. The van der Waals surface area contributed by atoms with Crippen LogP contribution in [0.2, 0.25) is 0 Å². The molecule has 5 aromatic rings. The fraction of sp³-hybridized carbons (Fsp3) is 0.238. The van der Waals surface area contributed by atoms with Crippen LogP contribution in [0.1, 0.15) is 30.3 Å². The van der Waals surface area contributed by atoms with Crippen LogP contribution < -0.4 is 0 Å². The molecule has 0 amide bonds. The number of benzene rings is 1. The Morgan fingerprint density at radius 1 is 1.03 bits per heavy atom. The molecule has 1 aliphatic carbocycles. The number of hydrogen-bond donors (Lipinski definition) is 0. The van der Waals surface area contributed by atoms with Gasteiger partial charge >= 0.3 is 5.92 Å². The van der Waals surface area contributed by atoms with E-state index in [2.05, 4.69) is 20.4 Å². The smallest absolute Gasteiger partial charge is 0.280 e. The molecule has 0 N–H and O–H groups in total. The van der Waals surface area contributed by atoms with Crippen molar-refractivity contribution in [2.24, 2.45) is 7.05 Å². The second-order valence-electron chi connectivity index (χ2n) is 7.88. The van der Waals surface area contributed by atoms with E-state index < -0.39 is 23.1 Å². The monoisotopic (exact) mass is 423 g/mol. The zero-order valence-corrected chi connectivity index (χ0v) is 16.4. The van der Waals surface area contributed by atoms with E-state index in [1.54, 1.807) is 31.6 Å². The van der Waals surface area contributed by atoms with Crippen molar-refractivity contribution in [1.29, 1.82) is 0 Å². The molecule has 4 heterocycles. The first kappa shape index (κ1) is 18.1. The van der Waals surface area contributed by atoms with E-state index in [1.165, 1.54) is 15.3 Å². The Labute approximate surface area is 173 Å². The Hall–Kier alpha value is -3.69. The molecule has 1 saturated carbocycles. The van der Waals surface area contributed by atoms with E-state index in [1.807, 2.05) is 10.9 Å². The maximum atomic E-state index is 15.5. The first-order valence-corrected chi connectivity index (χ1v) is 9.81. The molecule has 4 aromatic heterocycles. The summed E-state index contributed by atoms with van der Waals surface area (Å²) in [6, 6.07) is 5.93. The third kappa shape index (κ3) is 2.82. The maximum absolute atomic E-state index is 15.5. The SMILES string of the molecule is Cn1cc2cc(C(F)(F)c3nnc4ccc(-c5cnn(C6CC6)c5)cn34)c(F)cc2n1. The van der Waals surface area contributed by atoms with Gasteiger partial charge in [-0.25, -0.2) is 4.39 Å². The van der Waals surface area contributed by atoms with Gasteiger partial charge in [0.15, 0.2) is 5.65 Å². The second kappa shape index (κ2) is 6.16. The van der Waals surface area contributed by atoms with Gasteiger partial charge in [0.25, 0.3) is 0 Å². The highest BCUT2D eigenvalue weighted by atomic mass is 19.3. The normalized spacial score (nSPS) is 14.7. The Bertz CT molecular complexity index is 1460. The van der Waals surface area contributed by atoms with Gasteiger partial charge in [-0.1, -0.05) is 0 Å². The minimum Gasteiger partial charge on any atom is -0.280 e. The zero-order valence-electron chi connectivity index (χ0n) is 16.4. The molecule has 1 aliphatic rings. The van der Waals surface area contributed by atoms with Crippen molar-refractivity contribution >= 4 is 16.6 Å². The van der Waals surface area contributed by atoms with Crippen molar-refractivity contribution in [3.8, 4) is 11.1 Å². The van der Waals surface area contributed by atoms with E-state index in [0.717, 1.165) is 30.5 Å². The zero-order chi connectivity index (χ0) is 21.3. The highest BCUT2D eigenvalue weighted by Crippen LogP contribution is 2.38. The van der Waals surface area contributed by atoms with Gasteiger partial charge in [-0.05, 0) is 31.0 Å². The molecular weight excluding hydrogens is 407 g/mol. The fourth-order valence-corrected chi connectivity index (χ4v) is 3.83. The van der Waals surface area contributed by atoms with Gasteiger partial charge in [-0.15, -0.1) is 10.2 Å². The molecule has 0 spiro atoms. The van der Waals surface area contributed by atoms with Crippen LogP contribution in [0.15, 0.2) is 49.1 Å². The lowest BCUT2D eigenvalue weighted by Gasteiger charge is -2.16. The van der Waals surface area contributed by atoms with Crippen LogP contribution >= 0.6 is 0 Å². The summed E-state index contributed by atoms with van der Waals surface area (Å²) < 4.78 is 50.2. The number of pyridine rings is 1. The number of alkyl halides is 2. The van der Waals surface area contributed by atoms with E-state index >= 15 is 8.78 Å². The van der Waals surface area contributed by atoms with E-state index in [0.29, 0.717) is 22.5 Å². The van der Waals surface area contributed by atoms with Crippen molar-refractivity contribution < 1.29 is 13.2 Å². The van der Waals surface area contributed by atoms with E-state index in [-0.39, 0.29) is 5.65 Å². The molecule has 0 atom stereocenters. The van der Waals surface area contributed by atoms with Gasteiger partial charge in [0.05, 0.1) is 23.3 Å². The molecule has 0 saturated heterocycles. The van der Waals surface area contributed by atoms with Crippen LogP contribution in [0.5, 0.6) is 0 Å². The quantitative estimate of drug-likeness (QED) is 0.437. The van der Waals surface area contributed by atoms with E-state index in [4.69, 9.17) is 0 Å². The number of aryl methyl sites for hydroxylation is 1. The maximum Gasteiger partial charge on any atom is 0.335 e. The molecule has 10 heteroatoms. The number of nitrogens with zero attached hydrogens (tertiary/aromatic N) is 7. The van der Waals surface area contributed by atoms with Gasteiger partial charge in [0.2, 0.25) is 5.82 Å². The van der Waals surface area contributed by atoms with Crippen LogP contribution in [-0.4, -0.2) is 34.2 Å². The minimum atomic E-state index is -3.70. The Kier molecular flexibility index (Phi) is 3.60. The van der Waals surface area contributed by atoms with Crippen molar-refractivity contribution in [3.05, 3.63) is 66.3 Å². The van der Waals surface area contributed by atoms with Crippen LogP contribution in [0, 0.1) is 5.82 Å². The number of fused-ring (bicyclic) bond motifs is 2. The summed E-state index contributed by atoms with van der Waals surface area (Å²) >= 11 is 0. The summed E-state index contributed by atoms with van der Waals surface area (Å²) in [5, 5.41) is 16.4. The highest BCUT2D eigenvalue weighted by Gasteiger charge is 2.42. The topological polar surface area (TPSA) is 65.8 Å². The minimum absolute atomic E-state index is 0.246. The van der Waals surface area contributed by atoms with Crippen molar-refractivity contribution in [2.45, 2.75) is 24.8 Å². The lowest BCUT2D eigenvalue weighted by molar-refractivity contribution is 0.0281. The Morgan fingerprint density at radius 2 is 1.87 bits per heavy atom. The molecule has 0 aliphatic heterocycles. The highest BCUT2D eigenvalue weighted by molar-refractivity contribution is 5.79. The van der Waals surface area contributed by atoms with Gasteiger partial charge in [-0.3, -0.25) is 13.8 Å². The van der Waals surface area contributed by atoms with Crippen LogP contribution in [0.4, 0.5) is 13.2 Å². The Morgan fingerprint density at radius 3 is 2.68 bits per heavy atom. The molecule has 6 rings (SSSR count). The molecule has 0 radical (unpaired) electrons. The van der Waals surface area contributed by atoms with Crippen LogP contribution in [0.25, 0.3) is 27.7 Å².